The molecule has 0 radical (unpaired) electrons. The van der Waals surface area contributed by atoms with Crippen LogP contribution in [0.1, 0.15) is 15.9 Å². The fourth-order valence-electron chi connectivity index (χ4n) is 1.68. The lowest BCUT2D eigenvalue weighted by atomic mass is 10.1. The molecular weight excluding hydrogens is 232 g/mol. The van der Waals surface area contributed by atoms with Crippen molar-refractivity contribution >= 4 is 5.97 Å². The summed E-state index contributed by atoms with van der Waals surface area (Å²) >= 11 is 0. The molecule has 0 unspecified atom stereocenters. The molecule has 1 aromatic carbocycles. The van der Waals surface area contributed by atoms with Gasteiger partial charge in [-0.25, -0.2) is 9.78 Å². The topological polar surface area (TPSA) is 64.4 Å². The number of benzene rings is 1. The third-order valence-corrected chi connectivity index (χ3v) is 2.68. The normalized spacial score (nSPS) is 10.3. The highest BCUT2D eigenvalue weighted by Gasteiger charge is 2.10. The van der Waals surface area contributed by atoms with E-state index in [0.717, 1.165) is 0 Å². The maximum atomic E-state index is 11.0. The Balaban J connectivity index is 2.01. The molecule has 0 aliphatic carbocycles. The third kappa shape index (κ3) is 2.68. The second-order valence-corrected chi connectivity index (χ2v) is 3.88. The zero-order valence-corrected chi connectivity index (χ0v) is 10.0. The van der Waals surface area contributed by atoms with Gasteiger partial charge in [-0.3, -0.25) is 0 Å². The highest BCUT2D eigenvalue weighted by molar-refractivity contribution is 5.90. The Kier molecular flexibility index (Phi) is 3.62. The van der Waals surface area contributed by atoms with E-state index in [2.05, 4.69) is 4.98 Å². The van der Waals surface area contributed by atoms with Crippen LogP contribution in [0.25, 0.3) is 0 Å². The van der Waals surface area contributed by atoms with E-state index in [0.29, 0.717) is 24.5 Å². The summed E-state index contributed by atoms with van der Waals surface area (Å²) in [7, 11) is 0. The number of aromatic carboxylic acids is 1. The Hall–Kier alpha value is -2.30. The monoisotopic (exact) mass is 246 g/mol. The summed E-state index contributed by atoms with van der Waals surface area (Å²) in [6.45, 7) is 2.90. The van der Waals surface area contributed by atoms with Crippen molar-refractivity contribution in [2.24, 2.45) is 0 Å². The van der Waals surface area contributed by atoms with Crippen molar-refractivity contribution in [3.05, 3.63) is 48.0 Å². The highest BCUT2D eigenvalue weighted by atomic mass is 16.5. The van der Waals surface area contributed by atoms with Gasteiger partial charge in [-0.2, -0.15) is 0 Å². The number of hydrogen-bond acceptors (Lipinski definition) is 3. The number of hydrogen-bond donors (Lipinski definition) is 1. The number of ether oxygens (including phenoxy) is 1. The molecule has 0 spiro atoms. The lowest BCUT2D eigenvalue weighted by Crippen LogP contribution is -2.08. The largest absolute Gasteiger partial charge is 0.491 e. The van der Waals surface area contributed by atoms with Gasteiger partial charge < -0.3 is 14.4 Å². The Morgan fingerprint density at radius 1 is 1.50 bits per heavy atom. The molecule has 18 heavy (non-hydrogen) atoms. The van der Waals surface area contributed by atoms with Gasteiger partial charge in [-0.15, -0.1) is 0 Å². The lowest BCUT2D eigenvalue weighted by Gasteiger charge is -2.11. The molecule has 94 valence electrons. The summed E-state index contributed by atoms with van der Waals surface area (Å²) in [5.41, 5.74) is 0.922. The molecule has 1 heterocycles. The predicted molar refractivity (Wildman–Crippen MR) is 65.9 cm³/mol. The van der Waals surface area contributed by atoms with E-state index < -0.39 is 5.97 Å². The van der Waals surface area contributed by atoms with E-state index in [1.165, 1.54) is 0 Å². The highest BCUT2D eigenvalue weighted by Crippen LogP contribution is 2.21. The number of carboxylic acid groups (broad SMARTS) is 1. The number of imidazole rings is 1. The van der Waals surface area contributed by atoms with Gasteiger partial charge >= 0.3 is 5.97 Å². The van der Waals surface area contributed by atoms with E-state index in [9.17, 15) is 4.79 Å². The second kappa shape index (κ2) is 5.35. The number of rotatable bonds is 5. The average molecular weight is 246 g/mol. The zero-order chi connectivity index (χ0) is 13.0. The fraction of sp³-hybridized carbons (Fsp3) is 0.231. The van der Waals surface area contributed by atoms with Crippen LogP contribution in [0.3, 0.4) is 0 Å². The number of carboxylic acids is 1. The molecule has 0 aliphatic rings. The summed E-state index contributed by atoms with van der Waals surface area (Å²) in [6.07, 6.45) is 5.27. The maximum Gasteiger partial charge on any atom is 0.336 e. The SMILES string of the molecule is Cc1c(OCCn2ccnc2)cccc1C(=O)O. The van der Waals surface area contributed by atoms with Crippen LogP contribution < -0.4 is 4.74 Å². The van der Waals surface area contributed by atoms with Crippen LogP contribution in [0.2, 0.25) is 0 Å². The number of aromatic nitrogens is 2. The first-order valence-electron chi connectivity index (χ1n) is 5.60. The van der Waals surface area contributed by atoms with Gasteiger partial charge in [-0.05, 0) is 19.1 Å². The van der Waals surface area contributed by atoms with Crippen molar-refractivity contribution in [2.75, 3.05) is 6.61 Å². The van der Waals surface area contributed by atoms with Crippen molar-refractivity contribution in [2.45, 2.75) is 13.5 Å². The number of nitrogens with zero attached hydrogens (tertiary/aromatic N) is 2. The smallest absolute Gasteiger partial charge is 0.336 e. The van der Waals surface area contributed by atoms with Crippen molar-refractivity contribution < 1.29 is 14.6 Å². The molecule has 2 aromatic rings. The van der Waals surface area contributed by atoms with Crippen LogP contribution >= 0.6 is 0 Å². The quantitative estimate of drug-likeness (QED) is 0.876. The van der Waals surface area contributed by atoms with Crippen LogP contribution in [-0.4, -0.2) is 27.2 Å². The van der Waals surface area contributed by atoms with Crippen LogP contribution in [0.4, 0.5) is 0 Å². The molecule has 0 saturated heterocycles. The van der Waals surface area contributed by atoms with Crippen molar-refractivity contribution in [1.82, 2.24) is 9.55 Å². The first kappa shape index (κ1) is 12.2. The summed E-state index contributed by atoms with van der Waals surface area (Å²) < 4.78 is 7.49. The Morgan fingerprint density at radius 2 is 2.33 bits per heavy atom. The average Bonchev–Trinajstić information content (AvgIpc) is 2.84. The van der Waals surface area contributed by atoms with Gasteiger partial charge in [-0.1, -0.05) is 6.07 Å². The van der Waals surface area contributed by atoms with E-state index in [1.807, 2.05) is 10.8 Å². The molecule has 0 amide bonds. The first-order chi connectivity index (χ1) is 8.68. The van der Waals surface area contributed by atoms with Gasteiger partial charge in [0.2, 0.25) is 0 Å². The number of carbonyl (C=O) groups is 1. The van der Waals surface area contributed by atoms with Crippen molar-refractivity contribution in [3.8, 4) is 5.75 Å². The molecule has 0 fully saturated rings. The summed E-state index contributed by atoms with van der Waals surface area (Å²) in [6, 6.07) is 5.03. The molecule has 5 nitrogen and oxygen atoms in total. The minimum atomic E-state index is -0.937. The Bertz CT molecular complexity index is 535. The van der Waals surface area contributed by atoms with E-state index in [1.54, 1.807) is 37.6 Å². The van der Waals surface area contributed by atoms with E-state index in [4.69, 9.17) is 9.84 Å². The minimum absolute atomic E-state index is 0.273. The molecule has 0 bridgehead atoms. The first-order valence-corrected chi connectivity index (χ1v) is 5.60. The molecule has 2 rings (SSSR count). The van der Waals surface area contributed by atoms with Gasteiger partial charge in [0.15, 0.2) is 0 Å². The molecule has 1 N–H and O–H groups in total. The van der Waals surface area contributed by atoms with Gasteiger partial charge in [0.25, 0.3) is 0 Å². The van der Waals surface area contributed by atoms with Crippen molar-refractivity contribution in [3.63, 3.8) is 0 Å². The molecule has 0 aliphatic heterocycles. The lowest BCUT2D eigenvalue weighted by molar-refractivity contribution is 0.0695. The summed E-state index contributed by atoms with van der Waals surface area (Å²) in [5.74, 6) is -0.331. The standard InChI is InChI=1S/C13H14N2O3/c1-10-11(13(16)17)3-2-4-12(10)18-8-7-15-6-5-14-9-15/h2-6,9H,7-8H2,1H3,(H,16,17). The third-order valence-electron chi connectivity index (χ3n) is 2.68. The van der Waals surface area contributed by atoms with Crippen LogP contribution in [0.5, 0.6) is 5.75 Å². The van der Waals surface area contributed by atoms with Crippen molar-refractivity contribution in [1.29, 1.82) is 0 Å². The zero-order valence-electron chi connectivity index (χ0n) is 10.0. The molecular formula is C13H14N2O3. The molecule has 5 heteroatoms. The second-order valence-electron chi connectivity index (χ2n) is 3.88. The predicted octanol–water partition coefficient (Wildman–Crippen LogP) is 1.97. The van der Waals surface area contributed by atoms with Crippen LogP contribution in [0.15, 0.2) is 36.9 Å². The minimum Gasteiger partial charge on any atom is -0.491 e. The molecule has 0 saturated carbocycles. The Morgan fingerprint density at radius 3 is 3.00 bits per heavy atom. The Labute approximate surface area is 105 Å². The maximum absolute atomic E-state index is 11.0. The van der Waals surface area contributed by atoms with Crippen LogP contribution in [0, 0.1) is 6.92 Å². The van der Waals surface area contributed by atoms with Gasteiger partial charge in [0.05, 0.1) is 18.4 Å². The summed E-state index contributed by atoms with van der Waals surface area (Å²) in [5, 5.41) is 9.00. The van der Waals surface area contributed by atoms with E-state index >= 15 is 0 Å². The van der Waals surface area contributed by atoms with Gasteiger partial charge in [0, 0.05) is 18.0 Å². The van der Waals surface area contributed by atoms with Crippen LogP contribution in [-0.2, 0) is 6.54 Å². The van der Waals surface area contributed by atoms with Gasteiger partial charge in [0.1, 0.15) is 12.4 Å². The molecule has 0 atom stereocenters. The molecule has 1 aromatic heterocycles. The fourth-order valence-corrected chi connectivity index (χ4v) is 1.68. The van der Waals surface area contributed by atoms with E-state index in [-0.39, 0.29) is 5.56 Å². The summed E-state index contributed by atoms with van der Waals surface area (Å²) in [4.78, 5) is 14.9.